The van der Waals surface area contributed by atoms with Crippen LogP contribution in [0.3, 0.4) is 0 Å². The van der Waals surface area contributed by atoms with Gasteiger partial charge in [-0.2, -0.15) is 5.10 Å². The highest BCUT2D eigenvalue weighted by molar-refractivity contribution is 5.47. The topological polar surface area (TPSA) is 39.3 Å². The Balaban J connectivity index is 2.36. The maximum absolute atomic E-state index is 13.4. The second-order valence-corrected chi connectivity index (χ2v) is 3.60. The molecule has 5 heteroatoms. The van der Waals surface area contributed by atoms with Gasteiger partial charge in [0.1, 0.15) is 6.33 Å². The molecule has 0 N–H and O–H groups in total. The molecule has 0 spiro atoms. The molecule has 0 amide bonds. The van der Waals surface area contributed by atoms with Crippen LogP contribution in [0.15, 0.2) is 53.7 Å². The van der Waals surface area contributed by atoms with Gasteiger partial charge in [0, 0.05) is 6.20 Å². The van der Waals surface area contributed by atoms with Crippen molar-refractivity contribution in [1.29, 1.82) is 0 Å². The average Bonchev–Trinajstić information content (AvgIpc) is 2.73. The van der Waals surface area contributed by atoms with Crippen LogP contribution in [0.1, 0.15) is 0 Å². The van der Waals surface area contributed by atoms with Gasteiger partial charge >= 0.3 is 0 Å². The molecule has 0 aliphatic rings. The van der Waals surface area contributed by atoms with Crippen LogP contribution in [0.5, 0.6) is 0 Å². The summed E-state index contributed by atoms with van der Waals surface area (Å²) in [6.07, 6.45) is 2.80. The first-order valence-corrected chi connectivity index (χ1v) is 5.07. The predicted octanol–water partition coefficient (Wildman–Crippen LogP) is 1.62. The molecule has 84 valence electrons. The summed E-state index contributed by atoms with van der Waals surface area (Å²) in [5, 5.41) is 3.98. The second kappa shape index (κ2) is 3.55. The van der Waals surface area contributed by atoms with Crippen molar-refractivity contribution >= 4 is 5.52 Å². The summed E-state index contributed by atoms with van der Waals surface area (Å²) < 4.78 is 16.0. The van der Waals surface area contributed by atoms with E-state index in [0.717, 1.165) is 0 Å². The van der Waals surface area contributed by atoms with Gasteiger partial charge in [-0.15, -0.1) is 0 Å². The lowest BCUT2D eigenvalue weighted by molar-refractivity contribution is 0.635. The van der Waals surface area contributed by atoms with E-state index in [4.69, 9.17) is 0 Å². The van der Waals surface area contributed by atoms with Gasteiger partial charge < -0.3 is 0 Å². The van der Waals surface area contributed by atoms with Crippen molar-refractivity contribution in [3.05, 3.63) is 65.1 Å². The van der Waals surface area contributed by atoms with Gasteiger partial charge in [-0.1, -0.05) is 18.2 Å². The normalized spacial score (nSPS) is 10.9. The first-order chi connectivity index (χ1) is 8.27. The fourth-order valence-corrected chi connectivity index (χ4v) is 1.74. The van der Waals surface area contributed by atoms with Crippen LogP contribution >= 0.6 is 0 Å². The van der Waals surface area contributed by atoms with E-state index >= 15 is 0 Å². The van der Waals surface area contributed by atoms with Crippen molar-refractivity contribution in [2.45, 2.75) is 0 Å². The van der Waals surface area contributed by atoms with E-state index in [1.165, 1.54) is 27.7 Å². The Kier molecular flexibility index (Phi) is 2.04. The third-order valence-corrected chi connectivity index (χ3v) is 2.56. The summed E-state index contributed by atoms with van der Waals surface area (Å²) in [5.41, 5.74) is 0.193. The minimum absolute atomic E-state index is 0.0450. The van der Waals surface area contributed by atoms with Gasteiger partial charge in [0.05, 0.1) is 5.69 Å². The first kappa shape index (κ1) is 9.77. The fraction of sp³-hybridized carbons (Fsp3) is 0. The minimum atomic E-state index is -0.562. The summed E-state index contributed by atoms with van der Waals surface area (Å²) in [6.45, 7) is 0. The quantitative estimate of drug-likeness (QED) is 0.636. The molecule has 0 atom stereocenters. The number of halogens is 1. The SMILES string of the molecule is O=c1c2c(F)ccn2ncn1-c1ccccc1. The summed E-state index contributed by atoms with van der Waals surface area (Å²) in [7, 11) is 0. The number of benzene rings is 1. The van der Waals surface area contributed by atoms with Crippen molar-refractivity contribution in [1.82, 2.24) is 14.2 Å². The largest absolute Gasteiger partial charge is 0.285 e. The smallest absolute Gasteiger partial charge is 0.266 e. The Hall–Kier alpha value is -2.43. The van der Waals surface area contributed by atoms with Crippen LogP contribution in [0, 0.1) is 5.82 Å². The van der Waals surface area contributed by atoms with Gasteiger partial charge in [0.2, 0.25) is 0 Å². The summed E-state index contributed by atoms with van der Waals surface area (Å²) in [5.74, 6) is -0.562. The summed E-state index contributed by atoms with van der Waals surface area (Å²) in [4.78, 5) is 12.1. The Labute approximate surface area is 95.6 Å². The fourth-order valence-electron chi connectivity index (χ4n) is 1.74. The molecule has 4 nitrogen and oxygen atoms in total. The molecular weight excluding hydrogens is 221 g/mol. The first-order valence-electron chi connectivity index (χ1n) is 5.07. The molecule has 0 fully saturated rings. The van der Waals surface area contributed by atoms with E-state index in [2.05, 4.69) is 5.10 Å². The van der Waals surface area contributed by atoms with Gasteiger partial charge in [0.15, 0.2) is 11.3 Å². The zero-order chi connectivity index (χ0) is 11.8. The maximum atomic E-state index is 13.4. The average molecular weight is 229 g/mol. The number of nitrogens with zero attached hydrogens (tertiary/aromatic N) is 3. The van der Waals surface area contributed by atoms with Crippen LogP contribution in [-0.4, -0.2) is 14.2 Å². The van der Waals surface area contributed by atoms with E-state index in [1.54, 1.807) is 24.3 Å². The number of para-hydroxylation sites is 1. The number of rotatable bonds is 1. The predicted molar refractivity (Wildman–Crippen MR) is 60.7 cm³/mol. The zero-order valence-corrected chi connectivity index (χ0v) is 8.75. The lowest BCUT2D eigenvalue weighted by atomic mass is 10.3. The summed E-state index contributed by atoms with van der Waals surface area (Å²) >= 11 is 0. The molecule has 0 bridgehead atoms. The maximum Gasteiger partial charge on any atom is 0.285 e. The molecule has 17 heavy (non-hydrogen) atoms. The Morgan fingerprint density at radius 3 is 2.65 bits per heavy atom. The van der Waals surface area contributed by atoms with Crippen molar-refractivity contribution in [3.8, 4) is 5.69 Å². The van der Waals surface area contributed by atoms with E-state index < -0.39 is 11.4 Å². The van der Waals surface area contributed by atoms with E-state index in [1.807, 2.05) is 6.07 Å². The van der Waals surface area contributed by atoms with Gasteiger partial charge in [-0.3, -0.25) is 9.36 Å². The molecule has 1 aromatic carbocycles. The standard InChI is InChI=1S/C12H8FN3O/c13-10-6-7-16-11(10)12(17)15(8-14-16)9-4-2-1-3-5-9/h1-8H. The molecule has 0 aliphatic carbocycles. The van der Waals surface area contributed by atoms with Crippen LogP contribution in [-0.2, 0) is 0 Å². The van der Waals surface area contributed by atoms with Crippen LogP contribution in [0.4, 0.5) is 4.39 Å². The summed E-state index contributed by atoms with van der Waals surface area (Å²) in [6, 6.07) is 10.2. The molecule has 2 aromatic heterocycles. The highest BCUT2D eigenvalue weighted by Crippen LogP contribution is 2.07. The van der Waals surface area contributed by atoms with Crippen LogP contribution in [0.2, 0.25) is 0 Å². The number of hydrogen-bond acceptors (Lipinski definition) is 2. The van der Waals surface area contributed by atoms with E-state index in [0.29, 0.717) is 5.69 Å². The molecule has 0 radical (unpaired) electrons. The van der Waals surface area contributed by atoms with E-state index in [9.17, 15) is 9.18 Å². The van der Waals surface area contributed by atoms with Gasteiger partial charge in [0.25, 0.3) is 5.56 Å². The third kappa shape index (κ3) is 1.44. The number of fused-ring (bicyclic) bond motifs is 1. The molecule has 0 aliphatic heterocycles. The van der Waals surface area contributed by atoms with Crippen molar-refractivity contribution in [2.24, 2.45) is 0 Å². The number of aromatic nitrogens is 3. The zero-order valence-electron chi connectivity index (χ0n) is 8.75. The van der Waals surface area contributed by atoms with Crippen molar-refractivity contribution < 1.29 is 4.39 Å². The third-order valence-electron chi connectivity index (χ3n) is 2.56. The Bertz CT molecular complexity index is 730. The molecule has 3 rings (SSSR count). The minimum Gasteiger partial charge on any atom is -0.266 e. The second-order valence-electron chi connectivity index (χ2n) is 3.60. The van der Waals surface area contributed by atoms with Gasteiger partial charge in [-0.05, 0) is 18.2 Å². The lowest BCUT2D eigenvalue weighted by Crippen LogP contribution is -2.21. The van der Waals surface area contributed by atoms with E-state index in [-0.39, 0.29) is 5.52 Å². The molecule has 3 aromatic rings. The van der Waals surface area contributed by atoms with Crippen LogP contribution in [0.25, 0.3) is 11.2 Å². The Morgan fingerprint density at radius 2 is 1.88 bits per heavy atom. The van der Waals surface area contributed by atoms with Gasteiger partial charge in [-0.25, -0.2) is 8.91 Å². The molecule has 0 saturated heterocycles. The van der Waals surface area contributed by atoms with Crippen molar-refractivity contribution in [2.75, 3.05) is 0 Å². The molecule has 0 saturated carbocycles. The molecule has 0 unspecified atom stereocenters. The van der Waals surface area contributed by atoms with Crippen LogP contribution < -0.4 is 5.56 Å². The van der Waals surface area contributed by atoms with Crippen molar-refractivity contribution in [3.63, 3.8) is 0 Å². The highest BCUT2D eigenvalue weighted by Gasteiger charge is 2.10. The monoisotopic (exact) mass is 229 g/mol. The molecule has 2 heterocycles. The Morgan fingerprint density at radius 1 is 1.12 bits per heavy atom. The number of hydrogen-bond donors (Lipinski definition) is 0. The lowest BCUT2D eigenvalue weighted by Gasteiger charge is -2.04. The highest BCUT2D eigenvalue weighted by atomic mass is 19.1. The molecular formula is C12H8FN3O.